The Morgan fingerprint density at radius 1 is 0.556 bits per heavy atom. The molecule has 36 heavy (non-hydrogen) atoms. The minimum Gasteiger partial charge on any atom is -0.481 e. The quantitative estimate of drug-likeness (QED) is 0.119. The highest BCUT2D eigenvalue weighted by atomic mass is 16.5. The van der Waals surface area contributed by atoms with Gasteiger partial charge in [-0.05, 0) is 50.4 Å². The summed E-state index contributed by atoms with van der Waals surface area (Å²) >= 11 is 0. The van der Waals surface area contributed by atoms with Crippen LogP contribution >= 0.6 is 0 Å². The molecule has 0 radical (unpaired) electrons. The topological polar surface area (TPSA) is 127 Å². The monoisotopic (exact) mass is 516 g/mol. The van der Waals surface area contributed by atoms with Gasteiger partial charge in [0.1, 0.15) is 0 Å². The van der Waals surface area contributed by atoms with E-state index in [1.54, 1.807) is 0 Å². The van der Waals surface area contributed by atoms with Crippen LogP contribution in [0.1, 0.15) is 130 Å². The van der Waals surface area contributed by atoms with E-state index in [2.05, 4.69) is 27.7 Å². The van der Waals surface area contributed by atoms with Gasteiger partial charge in [-0.1, -0.05) is 66.2 Å². The van der Waals surface area contributed by atoms with Crippen LogP contribution in [0, 0.1) is 11.8 Å². The van der Waals surface area contributed by atoms with Crippen LogP contribution in [0.2, 0.25) is 0 Å². The minimum atomic E-state index is -0.870. The second-order valence-corrected chi connectivity index (χ2v) is 9.40. The molecule has 0 aliphatic heterocycles. The van der Waals surface area contributed by atoms with Crippen molar-refractivity contribution < 1.29 is 38.9 Å². The van der Waals surface area contributed by atoms with Crippen LogP contribution in [0.3, 0.4) is 0 Å². The molecular formula is C28H52O8. The van der Waals surface area contributed by atoms with Gasteiger partial charge in [0.05, 0.1) is 13.2 Å². The minimum absolute atomic E-state index is 0.0628. The molecule has 0 spiro atoms. The highest BCUT2D eigenvalue weighted by Gasteiger charge is 2.12. The molecule has 0 aromatic heterocycles. The van der Waals surface area contributed by atoms with Crippen LogP contribution < -0.4 is 0 Å². The van der Waals surface area contributed by atoms with Gasteiger partial charge in [0, 0.05) is 25.7 Å². The Morgan fingerprint density at radius 2 is 0.889 bits per heavy atom. The fraction of sp³-hybridized carbons (Fsp3) is 0.857. The summed E-state index contributed by atoms with van der Waals surface area (Å²) in [5.41, 5.74) is 0. The van der Waals surface area contributed by atoms with Crippen LogP contribution in [0.15, 0.2) is 0 Å². The van der Waals surface area contributed by atoms with E-state index >= 15 is 0 Å². The number of aliphatic carboxylic acids is 2. The Hall–Kier alpha value is -2.12. The first-order chi connectivity index (χ1) is 17.2. The first kappa shape index (κ1) is 36.0. The van der Waals surface area contributed by atoms with Crippen molar-refractivity contribution in [3.05, 3.63) is 0 Å². The number of unbranched alkanes of at least 4 members (excludes halogenated alkanes) is 4. The smallest absolute Gasteiger partial charge is 0.305 e. The molecule has 2 unspecified atom stereocenters. The summed E-state index contributed by atoms with van der Waals surface area (Å²) in [7, 11) is 0. The molecule has 0 amide bonds. The zero-order valence-electron chi connectivity index (χ0n) is 23.2. The van der Waals surface area contributed by atoms with Crippen molar-refractivity contribution in [2.45, 2.75) is 130 Å². The van der Waals surface area contributed by atoms with Gasteiger partial charge in [0.15, 0.2) is 0 Å². The average Bonchev–Trinajstić information content (AvgIpc) is 2.85. The summed E-state index contributed by atoms with van der Waals surface area (Å²) in [6.07, 6.45) is 12.3. The van der Waals surface area contributed by atoms with Crippen molar-refractivity contribution in [3.8, 4) is 0 Å². The fourth-order valence-corrected chi connectivity index (χ4v) is 3.45. The number of carbonyl (C=O) groups is 4. The van der Waals surface area contributed by atoms with Gasteiger partial charge in [0.2, 0.25) is 0 Å². The van der Waals surface area contributed by atoms with Gasteiger partial charge in [-0.2, -0.15) is 0 Å². The number of carboxylic acid groups (broad SMARTS) is 2. The number of hydrogen-bond donors (Lipinski definition) is 2. The standard InChI is InChI=1S/C22H42O4.C6H10O4/c1-5-9-13-19(7-3)17-25-21(23)15-11-12-16-22(24)26-18-20(8-4)14-10-6-2;7-5(8)3-1-2-4-6(9)10/h19-20H,5-18H2,1-4H3;1-4H2,(H,7,8)(H,9,10). The second-order valence-electron chi connectivity index (χ2n) is 9.40. The number of hydrogen-bond acceptors (Lipinski definition) is 6. The molecule has 0 rings (SSSR count). The van der Waals surface area contributed by atoms with Crippen molar-refractivity contribution in [2.24, 2.45) is 11.8 Å². The van der Waals surface area contributed by atoms with E-state index in [0.29, 0.717) is 63.6 Å². The van der Waals surface area contributed by atoms with E-state index in [1.807, 2.05) is 0 Å². The first-order valence-electron chi connectivity index (χ1n) is 13.9. The van der Waals surface area contributed by atoms with Gasteiger partial charge in [-0.25, -0.2) is 0 Å². The van der Waals surface area contributed by atoms with E-state index < -0.39 is 11.9 Å². The highest BCUT2D eigenvalue weighted by Crippen LogP contribution is 2.15. The Morgan fingerprint density at radius 3 is 1.17 bits per heavy atom. The predicted molar refractivity (Wildman–Crippen MR) is 141 cm³/mol. The molecule has 0 heterocycles. The maximum Gasteiger partial charge on any atom is 0.305 e. The number of rotatable bonds is 22. The molecule has 0 aromatic carbocycles. The summed E-state index contributed by atoms with van der Waals surface area (Å²) in [5.74, 6) is -1.06. The average molecular weight is 517 g/mol. The Bertz CT molecular complexity index is 526. The summed E-state index contributed by atoms with van der Waals surface area (Å²) in [4.78, 5) is 43.4. The molecule has 0 aliphatic rings. The zero-order chi connectivity index (χ0) is 27.6. The largest absolute Gasteiger partial charge is 0.481 e. The van der Waals surface area contributed by atoms with Gasteiger partial charge in [-0.15, -0.1) is 0 Å². The molecule has 2 atom stereocenters. The lowest BCUT2D eigenvalue weighted by Crippen LogP contribution is -2.15. The van der Waals surface area contributed by atoms with E-state index in [9.17, 15) is 19.2 Å². The maximum absolute atomic E-state index is 11.8. The summed E-state index contributed by atoms with van der Waals surface area (Å²) in [6.45, 7) is 9.71. The van der Waals surface area contributed by atoms with Crippen molar-refractivity contribution in [1.82, 2.24) is 0 Å². The number of ether oxygens (including phenoxy) is 2. The van der Waals surface area contributed by atoms with Crippen molar-refractivity contribution in [2.75, 3.05) is 13.2 Å². The third kappa shape index (κ3) is 26.5. The third-order valence-corrected chi connectivity index (χ3v) is 6.09. The van der Waals surface area contributed by atoms with E-state index in [0.717, 1.165) is 25.7 Å². The van der Waals surface area contributed by atoms with Crippen LogP contribution in [0.25, 0.3) is 0 Å². The molecule has 8 heteroatoms. The van der Waals surface area contributed by atoms with Gasteiger partial charge in [-0.3, -0.25) is 19.2 Å². The normalized spacial score (nSPS) is 12.1. The molecule has 0 bridgehead atoms. The van der Waals surface area contributed by atoms with Crippen molar-refractivity contribution in [3.63, 3.8) is 0 Å². The van der Waals surface area contributed by atoms with Crippen LogP contribution in [-0.2, 0) is 28.7 Å². The summed E-state index contributed by atoms with van der Waals surface area (Å²) in [5, 5.41) is 16.3. The number of carbonyl (C=O) groups excluding carboxylic acids is 2. The molecule has 8 nitrogen and oxygen atoms in total. The zero-order valence-corrected chi connectivity index (χ0v) is 23.2. The molecule has 0 fully saturated rings. The highest BCUT2D eigenvalue weighted by molar-refractivity contribution is 5.70. The van der Waals surface area contributed by atoms with Crippen molar-refractivity contribution >= 4 is 23.9 Å². The Labute approximate surface area is 218 Å². The van der Waals surface area contributed by atoms with E-state index in [-0.39, 0.29) is 24.8 Å². The molecule has 2 N–H and O–H groups in total. The lowest BCUT2D eigenvalue weighted by atomic mass is 10.0. The van der Waals surface area contributed by atoms with E-state index in [4.69, 9.17) is 19.7 Å². The molecule has 0 saturated carbocycles. The van der Waals surface area contributed by atoms with Crippen LogP contribution in [0.4, 0.5) is 0 Å². The fourth-order valence-electron chi connectivity index (χ4n) is 3.45. The first-order valence-corrected chi connectivity index (χ1v) is 13.9. The van der Waals surface area contributed by atoms with Gasteiger partial charge < -0.3 is 19.7 Å². The summed E-state index contributed by atoms with van der Waals surface area (Å²) < 4.78 is 10.8. The second kappa shape index (κ2) is 26.0. The lowest BCUT2D eigenvalue weighted by molar-refractivity contribution is -0.147. The molecule has 0 aromatic rings. The molecule has 212 valence electrons. The molecule has 0 saturated heterocycles. The SMILES string of the molecule is CCCCC(CC)COC(=O)CCCCC(=O)OCC(CC)CCCC.O=C(O)CCCCC(=O)O. The van der Waals surface area contributed by atoms with Gasteiger partial charge >= 0.3 is 23.9 Å². The predicted octanol–water partition coefficient (Wildman–Crippen LogP) is 6.78. The maximum atomic E-state index is 11.8. The van der Waals surface area contributed by atoms with Crippen LogP contribution in [-0.4, -0.2) is 47.3 Å². The van der Waals surface area contributed by atoms with Gasteiger partial charge in [0.25, 0.3) is 0 Å². The lowest BCUT2D eigenvalue weighted by Gasteiger charge is -2.15. The Kier molecular flexibility index (Phi) is 26.0. The number of carboxylic acids is 2. The van der Waals surface area contributed by atoms with Crippen molar-refractivity contribution in [1.29, 1.82) is 0 Å². The van der Waals surface area contributed by atoms with E-state index in [1.165, 1.54) is 25.7 Å². The molecular weight excluding hydrogens is 464 g/mol. The molecule has 0 aliphatic carbocycles. The third-order valence-electron chi connectivity index (χ3n) is 6.09. The Balaban J connectivity index is 0. The number of esters is 2. The van der Waals surface area contributed by atoms with Crippen LogP contribution in [0.5, 0.6) is 0 Å². The summed E-state index contributed by atoms with van der Waals surface area (Å²) in [6, 6.07) is 0.